The molecule has 1 fully saturated rings. The van der Waals surface area contributed by atoms with Gasteiger partial charge in [-0.15, -0.1) is 0 Å². The summed E-state index contributed by atoms with van der Waals surface area (Å²) in [6.07, 6.45) is 6.16. The first kappa shape index (κ1) is 18.3. The van der Waals surface area contributed by atoms with E-state index in [4.69, 9.17) is 4.74 Å². The standard InChI is InChI=1S/C26H32O/c1-18(2)22-15-21-12-13-23-19(3)9-8-14-26(23,4)24(21)16-25(22)27-17-20-10-6-5-7-11-20/h5-7,10-11,15-16,18,23H,3,8-9,12-14,17H2,1-2,4H3/t23-,26-/m0/s1. The summed E-state index contributed by atoms with van der Waals surface area (Å²) >= 11 is 0. The van der Waals surface area contributed by atoms with E-state index in [1.54, 1.807) is 5.56 Å². The van der Waals surface area contributed by atoms with Crippen molar-refractivity contribution in [3.05, 3.63) is 76.9 Å². The zero-order chi connectivity index (χ0) is 19.0. The van der Waals surface area contributed by atoms with Gasteiger partial charge in [0.2, 0.25) is 0 Å². The van der Waals surface area contributed by atoms with Crippen LogP contribution < -0.4 is 4.74 Å². The maximum atomic E-state index is 6.38. The molecule has 0 radical (unpaired) electrons. The second kappa shape index (κ2) is 7.19. The Bertz CT molecular complexity index is 833. The van der Waals surface area contributed by atoms with Crippen molar-refractivity contribution in [2.75, 3.05) is 0 Å². The van der Waals surface area contributed by atoms with Crippen molar-refractivity contribution in [2.24, 2.45) is 5.92 Å². The number of hydrogen-bond acceptors (Lipinski definition) is 1. The van der Waals surface area contributed by atoms with Crippen LogP contribution in [-0.2, 0) is 18.4 Å². The molecule has 0 aromatic heterocycles. The van der Waals surface area contributed by atoms with E-state index in [1.165, 1.54) is 54.4 Å². The fourth-order valence-electron chi connectivity index (χ4n) is 5.32. The summed E-state index contributed by atoms with van der Waals surface area (Å²) < 4.78 is 6.38. The molecule has 4 rings (SSSR count). The van der Waals surface area contributed by atoms with Gasteiger partial charge >= 0.3 is 0 Å². The largest absolute Gasteiger partial charge is 0.489 e. The molecule has 0 spiro atoms. The highest BCUT2D eigenvalue weighted by Crippen LogP contribution is 2.53. The van der Waals surface area contributed by atoms with Gasteiger partial charge in [0.05, 0.1) is 0 Å². The molecule has 1 nitrogen and oxygen atoms in total. The number of allylic oxidation sites excluding steroid dienone is 1. The first-order valence-electron chi connectivity index (χ1n) is 10.5. The molecule has 142 valence electrons. The van der Waals surface area contributed by atoms with Gasteiger partial charge < -0.3 is 4.74 Å². The van der Waals surface area contributed by atoms with Crippen molar-refractivity contribution in [2.45, 2.75) is 70.8 Å². The van der Waals surface area contributed by atoms with Gasteiger partial charge in [-0.2, -0.15) is 0 Å². The minimum Gasteiger partial charge on any atom is -0.489 e. The lowest BCUT2D eigenvalue weighted by Gasteiger charge is -2.48. The molecule has 1 saturated carbocycles. The van der Waals surface area contributed by atoms with Crippen LogP contribution in [-0.4, -0.2) is 0 Å². The van der Waals surface area contributed by atoms with Crippen LogP contribution in [0.15, 0.2) is 54.6 Å². The Morgan fingerprint density at radius 1 is 1.15 bits per heavy atom. The summed E-state index contributed by atoms with van der Waals surface area (Å²) in [5.74, 6) is 2.17. The number of hydrogen-bond donors (Lipinski definition) is 0. The van der Waals surface area contributed by atoms with Crippen molar-refractivity contribution in [3.63, 3.8) is 0 Å². The molecule has 0 saturated heterocycles. The summed E-state index contributed by atoms with van der Waals surface area (Å²) in [6, 6.07) is 15.3. The van der Waals surface area contributed by atoms with Crippen molar-refractivity contribution >= 4 is 0 Å². The zero-order valence-electron chi connectivity index (χ0n) is 17.1. The van der Waals surface area contributed by atoms with E-state index in [-0.39, 0.29) is 5.41 Å². The monoisotopic (exact) mass is 360 g/mol. The lowest BCUT2D eigenvalue weighted by molar-refractivity contribution is 0.232. The van der Waals surface area contributed by atoms with Gasteiger partial charge in [-0.1, -0.05) is 69.3 Å². The molecule has 0 amide bonds. The molecule has 0 aliphatic heterocycles. The van der Waals surface area contributed by atoms with Crippen LogP contribution in [0.3, 0.4) is 0 Å². The fraction of sp³-hybridized carbons (Fsp3) is 0.462. The summed E-state index contributed by atoms with van der Waals surface area (Å²) in [5.41, 5.74) is 7.32. The summed E-state index contributed by atoms with van der Waals surface area (Å²) in [7, 11) is 0. The normalized spacial score (nSPS) is 24.4. The number of ether oxygens (including phenoxy) is 1. The van der Waals surface area contributed by atoms with E-state index < -0.39 is 0 Å². The maximum Gasteiger partial charge on any atom is 0.123 e. The second-order valence-electron chi connectivity index (χ2n) is 9.00. The van der Waals surface area contributed by atoms with E-state index in [0.29, 0.717) is 18.4 Å². The molecule has 0 unspecified atom stereocenters. The van der Waals surface area contributed by atoms with E-state index in [9.17, 15) is 0 Å². The molecular weight excluding hydrogens is 328 g/mol. The van der Waals surface area contributed by atoms with Crippen molar-refractivity contribution in [1.82, 2.24) is 0 Å². The predicted molar refractivity (Wildman–Crippen MR) is 113 cm³/mol. The third-order valence-corrected chi connectivity index (χ3v) is 6.87. The molecule has 2 aliphatic carbocycles. The number of rotatable bonds is 4. The topological polar surface area (TPSA) is 9.23 Å². The van der Waals surface area contributed by atoms with Crippen LogP contribution in [0.25, 0.3) is 0 Å². The first-order valence-corrected chi connectivity index (χ1v) is 10.5. The van der Waals surface area contributed by atoms with Crippen LogP contribution in [0.2, 0.25) is 0 Å². The molecule has 1 heteroatoms. The molecule has 2 aliphatic rings. The van der Waals surface area contributed by atoms with Crippen molar-refractivity contribution in [3.8, 4) is 5.75 Å². The smallest absolute Gasteiger partial charge is 0.123 e. The Morgan fingerprint density at radius 3 is 2.67 bits per heavy atom. The molecule has 2 aromatic rings. The molecular formula is C26H32O. The minimum absolute atomic E-state index is 0.225. The van der Waals surface area contributed by atoms with Crippen molar-refractivity contribution < 1.29 is 4.74 Å². The molecule has 0 bridgehead atoms. The highest BCUT2D eigenvalue weighted by molar-refractivity contribution is 5.50. The Morgan fingerprint density at radius 2 is 1.93 bits per heavy atom. The highest BCUT2D eigenvalue weighted by Gasteiger charge is 2.43. The predicted octanol–water partition coefficient (Wildman–Crippen LogP) is 6.95. The molecule has 0 N–H and O–H groups in total. The summed E-state index contributed by atoms with van der Waals surface area (Å²) in [5, 5.41) is 0. The average Bonchev–Trinajstić information content (AvgIpc) is 2.66. The summed E-state index contributed by atoms with van der Waals surface area (Å²) in [4.78, 5) is 0. The molecule has 27 heavy (non-hydrogen) atoms. The molecule has 2 atom stereocenters. The Balaban J connectivity index is 1.72. The van der Waals surface area contributed by atoms with Gasteiger partial charge in [0.1, 0.15) is 12.4 Å². The SMILES string of the molecule is C=C1CCC[C@]2(C)c3cc(OCc4ccccc4)c(C(C)C)cc3CC[C@@H]12. The zero-order valence-corrected chi connectivity index (χ0v) is 17.1. The number of aryl methyl sites for hydroxylation is 1. The van der Waals surface area contributed by atoms with Crippen LogP contribution in [0.4, 0.5) is 0 Å². The molecule has 2 aromatic carbocycles. The highest BCUT2D eigenvalue weighted by atomic mass is 16.5. The molecule has 0 heterocycles. The van der Waals surface area contributed by atoms with Crippen LogP contribution >= 0.6 is 0 Å². The Hall–Kier alpha value is -2.02. The van der Waals surface area contributed by atoms with Crippen molar-refractivity contribution in [1.29, 1.82) is 0 Å². The van der Waals surface area contributed by atoms with E-state index in [2.05, 4.69) is 69.8 Å². The van der Waals surface area contributed by atoms with Gasteiger partial charge in [-0.05, 0) is 77.7 Å². The quantitative estimate of drug-likeness (QED) is 0.536. The van der Waals surface area contributed by atoms with Gasteiger partial charge in [-0.3, -0.25) is 0 Å². The number of benzene rings is 2. The van der Waals surface area contributed by atoms with Crippen LogP contribution in [0.5, 0.6) is 5.75 Å². The lowest BCUT2D eigenvalue weighted by Crippen LogP contribution is -2.40. The van der Waals surface area contributed by atoms with E-state index in [0.717, 1.165) is 5.75 Å². The average molecular weight is 361 g/mol. The van der Waals surface area contributed by atoms with Gasteiger partial charge in [0, 0.05) is 0 Å². The lowest BCUT2D eigenvalue weighted by atomic mass is 9.57. The third-order valence-electron chi connectivity index (χ3n) is 6.87. The minimum atomic E-state index is 0.225. The van der Waals surface area contributed by atoms with Crippen LogP contribution in [0.1, 0.15) is 74.6 Å². The Labute approximate surface area is 164 Å². The van der Waals surface area contributed by atoms with Gasteiger partial charge in [0.25, 0.3) is 0 Å². The van der Waals surface area contributed by atoms with Gasteiger partial charge in [0.15, 0.2) is 0 Å². The third kappa shape index (κ3) is 3.33. The number of fused-ring (bicyclic) bond motifs is 3. The second-order valence-corrected chi connectivity index (χ2v) is 9.00. The first-order chi connectivity index (χ1) is 13.0. The Kier molecular flexibility index (Phi) is 4.88. The van der Waals surface area contributed by atoms with E-state index >= 15 is 0 Å². The van der Waals surface area contributed by atoms with Crippen LogP contribution in [0, 0.1) is 5.92 Å². The van der Waals surface area contributed by atoms with Gasteiger partial charge in [-0.25, -0.2) is 0 Å². The fourth-order valence-corrected chi connectivity index (χ4v) is 5.32. The maximum absolute atomic E-state index is 6.38. The summed E-state index contributed by atoms with van der Waals surface area (Å²) in [6.45, 7) is 12.1. The van der Waals surface area contributed by atoms with E-state index in [1.807, 2.05) is 0 Å².